The van der Waals surface area contributed by atoms with E-state index in [1.54, 1.807) is 54.6 Å². The topological polar surface area (TPSA) is 74.7 Å². The molecule has 0 fully saturated rings. The van der Waals surface area contributed by atoms with Crippen LogP contribution in [0.3, 0.4) is 0 Å². The number of hydrogen-bond acceptors (Lipinski definition) is 4. The second-order valence-electron chi connectivity index (χ2n) is 7.24. The molecule has 1 heterocycles. The van der Waals surface area contributed by atoms with Gasteiger partial charge in [-0.3, -0.25) is 0 Å². The third-order valence-electron chi connectivity index (χ3n) is 5.21. The fourth-order valence-electron chi connectivity index (χ4n) is 3.64. The number of rotatable bonds is 5. The number of H-pyrrole nitrogens is 1. The second-order valence-corrected chi connectivity index (χ2v) is 9.16. The number of aromatic amines is 1. The van der Waals surface area contributed by atoms with Gasteiger partial charge in [-0.15, -0.1) is 10.2 Å². The number of benzene rings is 4. The highest BCUT2D eigenvalue weighted by Crippen LogP contribution is 2.39. The zero-order chi connectivity index (χ0) is 22.0. The van der Waals surface area contributed by atoms with Gasteiger partial charge in [0.05, 0.1) is 15.5 Å². The van der Waals surface area contributed by atoms with Crippen LogP contribution in [0.5, 0.6) is 0 Å². The van der Waals surface area contributed by atoms with E-state index in [-0.39, 0.29) is 9.79 Å². The average Bonchev–Trinajstić information content (AvgIpc) is 3.22. The third-order valence-corrected chi connectivity index (χ3v) is 7.02. The van der Waals surface area contributed by atoms with Gasteiger partial charge in [0.2, 0.25) is 9.84 Å². The molecule has 0 amide bonds. The van der Waals surface area contributed by atoms with E-state index in [0.717, 1.165) is 22.2 Å². The Morgan fingerprint density at radius 3 is 2.03 bits per heavy atom. The smallest absolute Gasteiger partial charge is 0.208 e. The highest BCUT2D eigenvalue weighted by molar-refractivity contribution is 7.91. The largest absolute Gasteiger partial charge is 0.353 e. The number of aromatic nitrogens is 1. The summed E-state index contributed by atoms with van der Waals surface area (Å²) in [6, 6.07) is 32.7. The van der Waals surface area contributed by atoms with Gasteiger partial charge < -0.3 is 4.98 Å². The number of azo groups is 1. The first-order valence-electron chi connectivity index (χ1n) is 10.1. The molecule has 6 heteroatoms. The van der Waals surface area contributed by atoms with Crippen molar-refractivity contribution in [2.24, 2.45) is 10.2 Å². The Kier molecular flexibility index (Phi) is 5.13. The molecule has 5 aromatic rings. The minimum Gasteiger partial charge on any atom is -0.353 e. The van der Waals surface area contributed by atoms with Crippen molar-refractivity contribution < 1.29 is 8.42 Å². The van der Waals surface area contributed by atoms with E-state index in [1.807, 2.05) is 54.6 Å². The molecule has 0 radical (unpaired) electrons. The Labute approximate surface area is 186 Å². The number of nitrogens with one attached hydrogen (secondary N) is 1. The summed E-state index contributed by atoms with van der Waals surface area (Å²) in [4.78, 5) is 3.76. The van der Waals surface area contributed by atoms with Crippen LogP contribution in [-0.2, 0) is 9.84 Å². The Morgan fingerprint density at radius 1 is 0.625 bits per heavy atom. The minimum atomic E-state index is -3.73. The highest BCUT2D eigenvalue weighted by Gasteiger charge is 2.21. The number of hydrogen-bond donors (Lipinski definition) is 1. The van der Waals surface area contributed by atoms with E-state index < -0.39 is 9.84 Å². The lowest BCUT2D eigenvalue weighted by molar-refractivity contribution is 0.596. The summed E-state index contributed by atoms with van der Waals surface area (Å²) in [5, 5.41) is 9.86. The Hall–Kier alpha value is -4.03. The molecular formula is C26H19N3O2S. The molecule has 0 aliphatic heterocycles. The lowest BCUT2D eigenvalue weighted by atomic mass is 10.1. The van der Waals surface area contributed by atoms with Gasteiger partial charge in [0, 0.05) is 16.5 Å². The fraction of sp³-hybridized carbons (Fsp3) is 0. The molecule has 0 aliphatic carbocycles. The maximum absolute atomic E-state index is 13.2. The highest BCUT2D eigenvalue weighted by atomic mass is 32.2. The molecule has 156 valence electrons. The van der Waals surface area contributed by atoms with E-state index in [9.17, 15) is 8.42 Å². The van der Waals surface area contributed by atoms with Gasteiger partial charge in [0.25, 0.3) is 0 Å². The number of fused-ring (bicyclic) bond motifs is 1. The van der Waals surface area contributed by atoms with Gasteiger partial charge in [-0.05, 0) is 30.3 Å². The van der Waals surface area contributed by atoms with Crippen LogP contribution in [-0.4, -0.2) is 13.4 Å². The molecule has 4 aromatic carbocycles. The molecular weight excluding hydrogens is 418 g/mol. The van der Waals surface area contributed by atoms with E-state index in [4.69, 9.17) is 0 Å². The van der Waals surface area contributed by atoms with Crippen molar-refractivity contribution in [3.05, 3.63) is 109 Å². The van der Waals surface area contributed by atoms with Crippen LogP contribution in [0.4, 0.5) is 11.4 Å². The van der Waals surface area contributed by atoms with Crippen molar-refractivity contribution in [1.29, 1.82) is 0 Å². The predicted molar refractivity (Wildman–Crippen MR) is 126 cm³/mol. The van der Waals surface area contributed by atoms with Crippen molar-refractivity contribution in [2.45, 2.75) is 9.79 Å². The summed E-state index contributed by atoms with van der Waals surface area (Å²) in [5.41, 5.74) is 3.70. The monoisotopic (exact) mass is 437 g/mol. The standard InChI is InChI=1S/C26H19N3O2S/c30-32(31,20-13-5-2-6-14-20)24-18-10-9-17-23(24)28-29-26-21-15-7-8-16-22(21)27-25(26)19-11-3-1-4-12-19/h1-18,27H. The molecule has 0 atom stereocenters. The summed E-state index contributed by atoms with van der Waals surface area (Å²) < 4.78 is 26.4. The normalized spacial score (nSPS) is 11.9. The van der Waals surface area contributed by atoms with Crippen molar-refractivity contribution in [3.63, 3.8) is 0 Å². The molecule has 5 nitrogen and oxygen atoms in total. The lowest BCUT2D eigenvalue weighted by Crippen LogP contribution is -2.01. The van der Waals surface area contributed by atoms with Crippen LogP contribution >= 0.6 is 0 Å². The van der Waals surface area contributed by atoms with Crippen LogP contribution < -0.4 is 0 Å². The summed E-state index contributed by atoms with van der Waals surface area (Å²) in [6.07, 6.45) is 0. The van der Waals surface area contributed by atoms with Crippen molar-refractivity contribution in [2.75, 3.05) is 0 Å². The van der Waals surface area contributed by atoms with Gasteiger partial charge in [0.15, 0.2) is 0 Å². The second kappa shape index (κ2) is 8.24. The maximum Gasteiger partial charge on any atom is 0.208 e. The fourth-order valence-corrected chi connectivity index (χ4v) is 5.05. The number of para-hydroxylation sites is 1. The van der Waals surface area contributed by atoms with Gasteiger partial charge in [-0.1, -0.05) is 78.9 Å². The molecule has 0 saturated carbocycles. The lowest BCUT2D eigenvalue weighted by Gasteiger charge is -2.07. The molecule has 0 aliphatic rings. The van der Waals surface area contributed by atoms with Crippen LogP contribution in [0.25, 0.3) is 22.2 Å². The molecule has 0 spiro atoms. The number of nitrogens with zero attached hydrogens (tertiary/aromatic N) is 2. The molecule has 0 bridgehead atoms. The first kappa shape index (κ1) is 19.9. The quantitative estimate of drug-likeness (QED) is 0.298. The Bertz CT molecular complexity index is 1520. The molecule has 1 aromatic heterocycles. The molecule has 0 unspecified atom stereocenters. The van der Waals surface area contributed by atoms with Gasteiger partial charge in [-0.2, -0.15) is 0 Å². The zero-order valence-corrected chi connectivity index (χ0v) is 17.8. The van der Waals surface area contributed by atoms with E-state index in [1.165, 1.54) is 0 Å². The van der Waals surface area contributed by atoms with Crippen LogP contribution in [0, 0.1) is 0 Å². The van der Waals surface area contributed by atoms with Crippen LogP contribution in [0.15, 0.2) is 129 Å². The average molecular weight is 438 g/mol. The SMILES string of the molecule is O=S(=O)(c1ccccc1)c1ccccc1N=Nc1c(-c2ccccc2)[nH]c2ccccc12. The number of sulfone groups is 1. The summed E-state index contributed by atoms with van der Waals surface area (Å²) in [7, 11) is -3.73. The first-order valence-corrected chi connectivity index (χ1v) is 11.6. The summed E-state index contributed by atoms with van der Waals surface area (Å²) in [5.74, 6) is 0. The zero-order valence-electron chi connectivity index (χ0n) is 17.0. The Morgan fingerprint density at radius 2 is 1.25 bits per heavy atom. The van der Waals surface area contributed by atoms with E-state index in [0.29, 0.717) is 11.4 Å². The summed E-state index contributed by atoms with van der Waals surface area (Å²) in [6.45, 7) is 0. The molecule has 1 N–H and O–H groups in total. The maximum atomic E-state index is 13.2. The van der Waals surface area contributed by atoms with Crippen LogP contribution in [0.1, 0.15) is 0 Å². The van der Waals surface area contributed by atoms with Crippen molar-refractivity contribution >= 4 is 32.1 Å². The van der Waals surface area contributed by atoms with Gasteiger partial charge >= 0.3 is 0 Å². The minimum absolute atomic E-state index is 0.121. The van der Waals surface area contributed by atoms with Crippen molar-refractivity contribution in [1.82, 2.24) is 4.98 Å². The molecule has 0 saturated heterocycles. The van der Waals surface area contributed by atoms with Gasteiger partial charge in [-0.25, -0.2) is 8.42 Å². The Balaban J connectivity index is 1.64. The van der Waals surface area contributed by atoms with Crippen LogP contribution in [0.2, 0.25) is 0 Å². The summed E-state index contributed by atoms with van der Waals surface area (Å²) >= 11 is 0. The van der Waals surface area contributed by atoms with E-state index in [2.05, 4.69) is 15.2 Å². The van der Waals surface area contributed by atoms with E-state index >= 15 is 0 Å². The first-order chi connectivity index (χ1) is 15.6. The predicted octanol–water partition coefficient (Wildman–Crippen LogP) is 7.08. The van der Waals surface area contributed by atoms with Gasteiger partial charge in [0.1, 0.15) is 11.4 Å². The molecule has 32 heavy (non-hydrogen) atoms. The third kappa shape index (κ3) is 3.61. The molecule has 5 rings (SSSR count). The van der Waals surface area contributed by atoms with Crippen molar-refractivity contribution in [3.8, 4) is 11.3 Å².